The van der Waals surface area contributed by atoms with Crippen molar-refractivity contribution in [2.75, 3.05) is 26.8 Å². The third-order valence-electron chi connectivity index (χ3n) is 2.56. The number of benzene rings is 1. The zero-order chi connectivity index (χ0) is 13.4. The Morgan fingerprint density at radius 1 is 1.39 bits per heavy atom. The van der Waals surface area contributed by atoms with Crippen LogP contribution in [-0.2, 0) is 0 Å². The van der Waals surface area contributed by atoms with Gasteiger partial charge < -0.3 is 14.8 Å². The number of ether oxygens (including phenoxy) is 2. The lowest BCUT2D eigenvalue weighted by Crippen LogP contribution is -2.24. The summed E-state index contributed by atoms with van der Waals surface area (Å²) in [7, 11) is 1.57. The summed E-state index contributed by atoms with van der Waals surface area (Å²) in [6.45, 7) is 6.71. The van der Waals surface area contributed by atoms with Gasteiger partial charge in [-0.25, -0.2) is 0 Å². The molecule has 4 heteroatoms. The third-order valence-corrected chi connectivity index (χ3v) is 2.56. The Hall–Kier alpha value is -1.73. The van der Waals surface area contributed by atoms with Crippen LogP contribution >= 0.6 is 0 Å². The van der Waals surface area contributed by atoms with E-state index in [1.807, 2.05) is 0 Å². The van der Waals surface area contributed by atoms with E-state index < -0.39 is 0 Å². The van der Waals surface area contributed by atoms with Crippen molar-refractivity contribution in [3.8, 4) is 17.6 Å². The maximum absolute atomic E-state index is 8.81. The minimum absolute atomic E-state index is 0.422. The van der Waals surface area contributed by atoms with E-state index in [1.165, 1.54) is 0 Å². The summed E-state index contributed by atoms with van der Waals surface area (Å²) in [5.41, 5.74) is 0.569. The van der Waals surface area contributed by atoms with Crippen molar-refractivity contribution in [2.45, 2.75) is 13.8 Å². The Labute approximate surface area is 109 Å². The second kappa shape index (κ2) is 7.57. The molecule has 0 amide bonds. The van der Waals surface area contributed by atoms with Crippen molar-refractivity contribution < 1.29 is 9.47 Å². The summed E-state index contributed by atoms with van der Waals surface area (Å²) in [4.78, 5) is 0. The summed E-state index contributed by atoms with van der Waals surface area (Å²) in [6, 6.07) is 7.27. The lowest BCUT2D eigenvalue weighted by Gasteiger charge is -2.15. The highest BCUT2D eigenvalue weighted by molar-refractivity contribution is 5.46. The zero-order valence-electron chi connectivity index (χ0n) is 11.2. The Kier molecular flexibility index (Phi) is 6.03. The lowest BCUT2D eigenvalue weighted by molar-refractivity contribution is 0.244. The molecule has 1 aromatic carbocycles. The molecular weight excluding hydrogens is 228 g/mol. The Morgan fingerprint density at radius 3 is 2.78 bits per heavy atom. The van der Waals surface area contributed by atoms with Crippen molar-refractivity contribution in [3.05, 3.63) is 23.8 Å². The van der Waals surface area contributed by atoms with Gasteiger partial charge in [-0.05, 0) is 18.7 Å². The predicted molar refractivity (Wildman–Crippen MR) is 70.9 cm³/mol. The van der Waals surface area contributed by atoms with Gasteiger partial charge in [-0.1, -0.05) is 13.8 Å². The van der Waals surface area contributed by atoms with Crippen LogP contribution in [0.4, 0.5) is 0 Å². The molecule has 0 radical (unpaired) electrons. The Balaban J connectivity index is 2.59. The minimum atomic E-state index is 0.422. The maximum atomic E-state index is 8.81. The fourth-order valence-electron chi connectivity index (χ4n) is 1.54. The van der Waals surface area contributed by atoms with Crippen LogP contribution in [-0.4, -0.2) is 26.8 Å². The summed E-state index contributed by atoms with van der Waals surface area (Å²) in [5.74, 6) is 1.70. The number of nitrogens with one attached hydrogen (secondary N) is 1. The quantitative estimate of drug-likeness (QED) is 0.803. The first kappa shape index (κ1) is 14.3. The molecule has 0 saturated heterocycles. The molecule has 1 atom stereocenters. The molecule has 0 heterocycles. The van der Waals surface area contributed by atoms with Gasteiger partial charge >= 0.3 is 0 Å². The van der Waals surface area contributed by atoms with Crippen LogP contribution in [0.3, 0.4) is 0 Å². The van der Waals surface area contributed by atoms with E-state index in [9.17, 15) is 0 Å². The van der Waals surface area contributed by atoms with Gasteiger partial charge in [0.05, 0.1) is 25.3 Å². The Morgan fingerprint density at radius 2 is 2.17 bits per heavy atom. The standard InChI is InChI=1S/C14H20N2O2/c1-4-16-9-11(2)10-18-13-6-5-12(8-15)7-14(13)17-3/h5-7,11,16H,4,9-10H2,1-3H3. The molecule has 0 aromatic heterocycles. The van der Waals surface area contributed by atoms with Gasteiger partial charge in [-0.3, -0.25) is 0 Å². The number of nitrogens with zero attached hydrogens (tertiary/aromatic N) is 1. The number of methoxy groups -OCH3 is 1. The van der Waals surface area contributed by atoms with Gasteiger partial charge in [0.25, 0.3) is 0 Å². The van der Waals surface area contributed by atoms with Crippen LogP contribution < -0.4 is 14.8 Å². The number of hydrogen-bond acceptors (Lipinski definition) is 4. The SMILES string of the molecule is CCNCC(C)COc1ccc(C#N)cc1OC. The summed E-state index contributed by atoms with van der Waals surface area (Å²) in [6.07, 6.45) is 0. The summed E-state index contributed by atoms with van der Waals surface area (Å²) in [5, 5.41) is 12.1. The van der Waals surface area contributed by atoms with Crippen LogP contribution in [0, 0.1) is 17.2 Å². The van der Waals surface area contributed by atoms with Gasteiger partial charge in [0.15, 0.2) is 11.5 Å². The monoisotopic (exact) mass is 248 g/mol. The largest absolute Gasteiger partial charge is 0.493 e. The van der Waals surface area contributed by atoms with Gasteiger partial charge in [0.2, 0.25) is 0 Å². The van der Waals surface area contributed by atoms with Crippen LogP contribution in [0.25, 0.3) is 0 Å². The lowest BCUT2D eigenvalue weighted by atomic mass is 10.2. The normalized spacial score (nSPS) is 11.7. The van der Waals surface area contributed by atoms with Gasteiger partial charge in [0.1, 0.15) is 0 Å². The number of hydrogen-bond donors (Lipinski definition) is 1. The molecule has 18 heavy (non-hydrogen) atoms. The van der Waals surface area contributed by atoms with E-state index in [2.05, 4.69) is 25.2 Å². The molecule has 0 spiro atoms. The molecule has 0 aliphatic heterocycles. The van der Waals surface area contributed by atoms with E-state index in [-0.39, 0.29) is 0 Å². The molecule has 0 bridgehead atoms. The highest BCUT2D eigenvalue weighted by Gasteiger charge is 2.08. The molecule has 0 aliphatic carbocycles. The smallest absolute Gasteiger partial charge is 0.162 e. The van der Waals surface area contributed by atoms with Crippen molar-refractivity contribution in [1.82, 2.24) is 5.32 Å². The highest BCUT2D eigenvalue weighted by atomic mass is 16.5. The molecule has 1 N–H and O–H groups in total. The second-order valence-corrected chi connectivity index (χ2v) is 4.20. The topological polar surface area (TPSA) is 54.3 Å². The van der Waals surface area contributed by atoms with Crippen LogP contribution in [0.2, 0.25) is 0 Å². The molecule has 98 valence electrons. The number of nitriles is 1. The first-order valence-electron chi connectivity index (χ1n) is 6.12. The molecule has 1 unspecified atom stereocenters. The molecule has 0 aliphatic rings. The second-order valence-electron chi connectivity index (χ2n) is 4.20. The Bertz CT molecular complexity index is 413. The minimum Gasteiger partial charge on any atom is -0.493 e. The molecule has 1 aromatic rings. The van der Waals surface area contributed by atoms with E-state index >= 15 is 0 Å². The number of rotatable bonds is 7. The van der Waals surface area contributed by atoms with Crippen molar-refractivity contribution in [1.29, 1.82) is 5.26 Å². The summed E-state index contributed by atoms with van der Waals surface area (Å²) < 4.78 is 10.9. The molecule has 0 saturated carbocycles. The van der Waals surface area contributed by atoms with E-state index in [1.54, 1.807) is 25.3 Å². The average Bonchev–Trinajstić information content (AvgIpc) is 2.42. The van der Waals surface area contributed by atoms with E-state index in [4.69, 9.17) is 14.7 Å². The van der Waals surface area contributed by atoms with Crippen LogP contribution in [0.1, 0.15) is 19.4 Å². The van der Waals surface area contributed by atoms with Gasteiger partial charge in [0, 0.05) is 18.5 Å². The van der Waals surface area contributed by atoms with Gasteiger partial charge in [-0.2, -0.15) is 5.26 Å². The van der Waals surface area contributed by atoms with Gasteiger partial charge in [-0.15, -0.1) is 0 Å². The van der Waals surface area contributed by atoms with Crippen LogP contribution in [0.5, 0.6) is 11.5 Å². The molecular formula is C14H20N2O2. The zero-order valence-corrected chi connectivity index (χ0v) is 11.2. The summed E-state index contributed by atoms with van der Waals surface area (Å²) >= 11 is 0. The maximum Gasteiger partial charge on any atom is 0.162 e. The first-order chi connectivity index (χ1) is 8.71. The molecule has 4 nitrogen and oxygen atoms in total. The fourth-order valence-corrected chi connectivity index (χ4v) is 1.54. The molecule has 0 fully saturated rings. The average molecular weight is 248 g/mol. The fraction of sp³-hybridized carbons (Fsp3) is 0.500. The van der Waals surface area contributed by atoms with E-state index in [0.29, 0.717) is 29.6 Å². The molecule has 1 rings (SSSR count). The third kappa shape index (κ3) is 4.27. The van der Waals surface area contributed by atoms with Crippen molar-refractivity contribution in [2.24, 2.45) is 5.92 Å². The predicted octanol–water partition coefficient (Wildman–Crippen LogP) is 2.19. The highest BCUT2D eigenvalue weighted by Crippen LogP contribution is 2.28. The van der Waals surface area contributed by atoms with E-state index in [0.717, 1.165) is 13.1 Å². The first-order valence-corrected chi connectivity index (χ1v) is 6.12. The van der Waals surface area contributed by atoms with Crippen LogP contribution in [0.15, 0.2) is 18.2 Å². The van der Waals surface area contributed by atoms with Crippen molar-refractivity contribution >= 4 is 0 Å². The van der Waals surface area contributed by atoms with Crippen molar-refractivity contribution in [3.63, 3.8) is 0 Å².